The van der Waals surface area contributed by atoms with Gasteiger partial charge in [0.25, 0.3) is 0 Å². The molecule has 0 saturated carbocycles. The predicted octanol–water partition coefficient (Wildman–Crippen LogP) is 0.0350. The zero-order valence-electron chi connectivity index (χ0n) is 5.24. The van der Waals surface area contributed by atoms with Crippen LogP contribution in [0.4, 0.5) is 4.79 Å². The van der Waals surface area contributed by atoms with Crippen LogP contribution in [0.2, 0.25) is 0 Å². The first-order valence-corrected chi connectivity index (χ1v) is 2.84. The Morgan fingerprint density at radius 1 is 1.80 bits per heavy atom. The molecule has 0 heterocycles. The zero-order valence-corrected chi connectivity index (χ0v) is 5.24. The quantitative estimate of drug-likeness (QED) is 0.481. The SMILES string of the molecule is NC1C=CC(NC(=O)O)=C1. The zero-order chi connectivity index (χ0) is 7.56. The van der Waals surface area contributed by atoms with Gasteiger partial charge in [-0.1, -0.05) is 6.08 Å². The van der Waals surface area contributed by atoms with Crippen LogP contribution in [0.25, 0.3) is 0 Å². The normalized spacial score (nSPS) is 22.5. The van der Waals surface area contributed by atoms with E-state index in [1.54, 1.807) is 18.2 Å². The van der Waals surface area contributed by atoms with E-state index < -0.39 is 6.09 Å². The minimum absolute atomic E-state index is 0.151. The van der Waals surface area contributed by atoms with Gasteiger partial charge in [0.2, 0.25) is 0 Å². The van der Waals surface area contributed by atoms with Crippen molar-refractivity contribution < 1.29 is 9.90 Å². The summed E-state index contributed by atoms with van der Waals surface area (Å²) in [6, 6.07) is -0.151. The summed E-state index contributed by atoms with van der Waals surface area (Å²) in [4.78, 5) is 10.0. The Morgan fingerprint density at radius 2 is 2.50 bits per heavy atom. The Balaban J connectivity index is 2.52. The van der Waals surface area contributed by atoms with Crippen molar-refractivity contribution in [2.45, 2.75) is 6.04 Å². The average Bonchev–Trinajstić information content (AvgIpc) is 2.13. The highest BCUT2D eigenvalue weighted by Crippen LogP contribution is 2.03. The average molecular weight is 140 g/mol. The van der Waals surface area contributed by atoms with Gasteiger partial charge in [-0.3, -0.25) is 5.32 Å². The van der Waals surface area contributed by atoms with E-state index in [-0.39, 0.29) is 6.04 Å². The molecule has 0 spiro atoms. The molecule has 0 saturated heterocycles. The van der Waals surface area contributed by atoms with E-state index in [9.17, 15) is 4.79 Å². The molecule has 1 unspecified atom stereocenters. The minimum atomic E-state index is -1.06. The largest absolute Gasteiger partial charge is 0.465 e. The van der Waals surface area contributed by atoms with Crippen molar-refractivity contribution in [2.24, 2.45) is 5.73 Å². The molecule has 0 aromatic rings. The minimum Gasteiger partial charge on any atom is -0.465 e. The maximum Gasteiger partial charge on any atom is 0.409 e. The van der Waals surface area contributed by atoms with Crippen molar-refractivity contribution in [1.82, 2.24) is 5.32 Å². The maximum atomic E-state index is 10.0. The molecule has 1 amide bonds. The van der Waals surface area contributed by atoms with Crippen LogP contribution in [0, 0.1) is 0 Å². The standard InChI is InChI=1S/C6H8N2O2/c7-4-1-2-5(3-4)8-6(9)10/h1-4,8H,7H2,(H,9,10). The highest BCUT2D eigenvalue weighted by atomic mass is 16.4. The number of nitrogens with one attached hydrogen (secondary N) is 1. The molecule has 4 N–H and O–H groups in total. The molecular formula is C6H8N2O2. The highest BCUT2D eigenvalue weighted by molar-refractivity contribution is 5.68. The van der Waals surface area contributed by atoms with Crippen molar-refractivity contribution >= 4 is 6.09 Å². The van der Waals surface area contributed by atoms with E-state index in [0.717, 1.165) is 0 Å². The highest BCUT2D eigenvalue weighted by Gasteiger charge is 2.05. The van der Waals surface area contributed by atoms with Gasteiger partial charge in [0.05, 0.1) is 0 Å². The summed E-state index contributed by atoms with van der Waals surface area (Å²) >= 11 is 0. The summed E-state index contributed by atoms with van der Waals surface area (Å²) in [7, 11) is 0. The van der Waals surface area contributed by atoms with Crippen LogP contribution in [0.5, 0.6) is 0 Å². The van der Waals surface area contributed by atoms with E-state index in [0.29, 0.717) is 5.70 Å². The number of rotatable bonds is 1. The topological polar surface area (TPSA) is 75.3 Å². The Bertz CT molecular complexity index is 208. The van der Waals surface area contributed by atoms with Crippen molar-refractivity contribution in [1.29, 1.82) is 0 Å². The molecule has 1 atom stereocenters. The first kappa shape index (κ1) is 6.82. The van der Waals surface area contributed by atoms with Crippen molar-refractivity contribution in [3.05, 3.63) is 23.9 Å². The Morgan fingerprint density at radius 3 is 2.90 bits per heavy atom. The Kier molecular flexibility index (Phi) is 1.73. The van der Waals surface area contributed by atoms with Gasteiger partial charge < -0.3 is 10.8 Å². The van der Waals surface area contributed by atoms with Gasteiger partial charge >= 0.3 is 6.09 Å². The van der Waals surface area contributed by atoms with E-state index in [1.807, 2.05) is 0 Å². The molecule has 1 aliphatic carbocycles. The van der Waals surface area contributed by atoms with Crippen LogP contribution in [-0.4, -0.2) is 17.2 Å². The molecule has 1 rings (SSSR count). The van der Waals surface area contributed by atoms with E-state index >= 15 is 0 Å². The van der Waals surface area contributed by atoms with Crippen molar-refractivity contribution in [3.63, 3.8) is 0 Å². The molecular weight excluding hydrogens is 132 g/mol. The fourth-order valence-electron chi connectivity index (χ4n) is 0.740. The maximum absolute atomic E-state index is 10.0. The smallest absolute Gasteiger partial charge is 0.409 e. The summed E-state index contributed by atoms with van der Waals surface area (Å²) in [5.74, 6) is 0. The number of nitrogens with two attached hydrogens (primary N) is 1. The lowest BCUT2D eigenvalue weighted by Gasteiger charge is -1.95. The van der Waals surface area contributed by atoms with E-state index in [1.165, 1.54) is 0 Å². The first-order chi connectivity index (χ1) is 4.68. The molecule has 10 heavy (non-hydrogen) atoms. The van der Waals surface area contributed by atoms with Gasteiger partial charge in [0.1, 0.15) is 0 Å². The molecule has 0 aromatic heterocycles. The summed E-state index contributed by atoms with van der Waals surface area (Å²) in [6.45, 7) is 0. The molecule has 4 nitrogen and oxygen atoms in total. The van der Waals surface area contributed by atoms with Crippen molar-refractivity contribution in [2.75, 3.05) is 0 Å². The van der Waals surface area contributed by atoms with Gasteiger partial charge in [-0.05, 0) is 12.2 Å². The lowest BCUT2D eigenvalue weighted by atomic mass is 10.4. The van der Waals surface area contributed by atoms with Crippen LogP contribution < -0.4 is 11.1 Å². The van der Waals surface area contributed by atoms with Gasteiger partial charge in [0.15, 0.2) is 0 Å². The Hall–Kier alpha value is -1.29. The third-order valence-electron chi connectivity index (χ3n) is 1.12. The van der Waals surface area contributed by atoms with Crippen LogP contribution >= 0.6 is 0 Å². The predicted molar refractivity (Wildman–Crippen MR) is 36.4 cm³/mol. The monoisotopic (exact) mass is 140 g/mol. The Labute approximate surface area is 58.0 Å². The van der Waals surface area contributed by atoms with Crippen LogP contribution in [-0.2, 0) is 0 Å². The summed E-state index contributed by atoms with van der Waals surface area (Å²) in [5, 5.41) is 10.4. The fraction of sp³-hybridized carbons (Fsp3) is 0.167. The second-order valence-electron chi connectivity index (χ2n) is 1.99. The summed E-state index contributed by atoms with van der Waals surface area (Å²) in [5.41, 5.74) is 5.95. The molecule has 0 aromatic carbocycles. The number of carbonyl (C=O) groups is 1. The first-order valence-electron chi connectivity index (χ1n) is 2.84. The van der Waals surface area contributed by atoms with Gasteiger partial charge in [-0.2, -0.15) is 0 Å². The number of carboxylic acid groups (broad SMARTS) is 1. The third kappa shape index (κ3) is 1.60. The van der Waals surface area contributed by atoms with Crippen LogP contribution in [0.15, 0.2) is 23.9 Å². The summed E-state index contributed by atoms with van der Waals surface area (Å²) < 4.78 is 0. The number of allylic oxidation sites excluding steroid dienone is 1. The molecule has 54 valence electrons. The lowest BCUT2D eigenvalue weighted by molar-refractivity contribution is 0.198. The second-order valence-corrected chi connectivity index (χ2v) is 1.99. The van der Waals surface area contributed by atoms with Crippen LogP contribution in [0.3, 0.4) is 0 Å². The molecule has 0 fully saturated rings. The fourth-order valence-corrected chi connectivity index (χ4v) is 0.740. The molecule has 0 radical (unpaired) electrons. The second kappa shape index (κ2) is 2.53. The number of amides is 1. The molecule has 0 aliphatic heterocycles. The summed E-state index contributed by atoms with van der Waals surface area (Å²) in [6.07, 6.45) is 3.92. The lowest BCUT2D eigenvalue weighted by Crippen LogP contribution is -2.19. The van der Waals surface area contributed by atoms with Gasteiger partial charge in [-0.15, -0.1) is 0 Å². The van der Waals surface area contributed by atoms with Gasteiger partial charge in [0, 0.05) is 11.7 Å². The van der Waals surface area contributed by atoms with Crippen molar-refractivity contribution in [3.8, 4) is 0 Å². The van der Waals surface area contributed by atoms with Crippen LogP contribution in [0.1, 0.15) is 0 Å². The molecule has 1 aliphatic rings. The van der Waals surface area contributed by atoms with E-state index in [2.05, 4.69) is 5.32 Å². The third-order valence-corrected chi connectivity index (χ3v) is 1.12. The molecule has 4 heteroatoms. The molecule has 0 bridgehead atoms. The number of hydrogen-bond donors (Lipinski definition) is 3. The van der Waals surface area contributed by atoms with E-state index in [4.69, 9.17) is 10.8 Å². The number of hydrogen-bond acceptors (Lipinski definition) is 2. The van der Waals surface area contributed by atoms with Gasteiger partial charge in [-0.25, -0.2) is 4.79 Å².